The predicted octanol–water partition coefficient (Wildman–Crippen LogP) is 2.90. The molecule has 0 saturated carbocycles. The minimum atomic E-state index is -0.795. The summed E-state index contributed by atoms with van der Waals surface area (Å²) in [5.74, 6) is -0.126. The summed E-state index contributed by atoms with van der Waals surface area (Å²) in [4.78, 5) is 17.1. The van der Waals surface area contributed by atoms with Crippen molar-refractivity contribution in [2.75, 3.05) is 13.1 Å². The molecule has 2 aromatic rings. The highest BCUT2D eigenvalue weighted by molar-refractivity contribution is 7.09. The maximum Gasteiger partial charge on any atom is 0.303 e. The second kappa shape index (κ2) is 7.65. The lowest BCUT2D eigenvalue weighted by Gasteiger charge is -2.32. The number of hydrogen-bond acceptors (Lipinski definition) is 4. The van der Waals surface area contributed by atoms with Crippen LogP contribution in [0, 0.1) is 5.41 Å². The Morgan fingerprint density at radius 2 is 2.00 bits per heavy atom. The Morgan fingerprint density at radius 1 is 1.32 bits per heavy atom. The van der Waals surface area contributed by atoms with Crippen LogP contribution in [0.2, 0.25) is 0 Å². The number of rotatable bonds is 5. The number of carbonyl (C=O) groups is 1. The normalized spacial score (nSPS) is 15.3. The molecular weight excluding hydrogens is 336 g/mol. The van der Waals surface area contributed by atoms with Crippen molar-refractivity contribution in [1.29, 1.82) is 5.41 Å². The van der Waals surface area contributed by atoms with Gasteiger partial charge in [-0.3, -0.25) is 10.2 Å². The van der Waals surface area contributed by atoms with E-state index >= 15 is 0 Å². The number of aryl methyl sites for hydroxylation is 1. The fourth-order valence-corrected chi connectivity index (χ4v) is 3.96. The van der Waals surface area contributed by atoms with Gasteiger partial charge in [-0.25, -0.2) is 4.98 Å². The number of thiazole rings is 1. The SMILES string of the molecule is N=C(N)N1CCC(c2ccc(-c3csc(CCC(=O)O)n3)cc2)CC1. The summed E-state index contributed by atoms with van der Waals surface area (Å²) >= 11 is 1.51. The van der Waals surface area contributed by atoms with Gasteiger partial charge in [0.1, 0.15) is 0 Å². The van der Waals surface area contributed by atoms with Crippen LogP contribution in [0.15, 0.2) is 29.6 Å². The maximum absolute atomic E-state index is 10.6. The zero-order valence-electron chi connectivity index (χ0n) is 13.9. The predicted molar refractivity (Wildman–Crippen MR) is 99.0 cm³/mol. The van der Waals surface area contributed by atoms with Gasteiger partial charge in [-0.2, -0.15) is 0 Å². The number of carboxylic acid groups (broad SMARTS) is 1. The third-order valence-corrected chi connectivity index (χ3v) is 5.53. The molecule has 2 heterocycles. The van der Waals surface area contributed by atoms with Crippen molar-refractivity contribution in [3.05, 3.63) is 40.2 Å². The van der Waals surface area contributed by atoms with Gasteiger partial charge in [-0.1, -0.05) is 24.3 Å². The van der Waals surface area contributed by atoms with Crippen molar-refractivity contribution in [2.45, 2.75) is 31.6 Å². The number of nitrogens with one attached hydrogen (secondary N) is 1. The lowest BCUT2D eigenvalue weighted by atomic mass is 9.89. The van der Waals surface area contributed by atoms with Gasteiger partial charge in [-0.15, -0.1) is 11.3 Å². The Kier molecular flexibility index (Phi) is 5.33. The molecule has 1 saturated heterocycles. The number of nitrogens with two attached hydrogens (primary N) is 1. The molecule has 0 bridgehead atoms. The van der Waals surface area contributed by atoms with Crippen LogP contribution in [0.5, 0.6) is 0 Å². The first-order valence-electron chi connectivity index (χ1n) is 8.38. The standard InChI is InChI=1S/C18H22N4O2S/c19-18(20)22-9-7-13(8-10-22)12-1-3-14(4-2-12)15-11-25-16(21-15)5-6-17(23)24/h1-4,11,13H,5-10H2,(H3,19,20)(H,23,24). The molecular formula is C18H22N4O2S. The summed E-state index contributed by atoms with van der Waals surface area (Å²) in [6.07, 6.45) is 2.61. The van der Waals surface area contributed by atoms with Crippen LogP contribution < -0.4 is 5.73 Å². The summed E-state index contributed by atoms with van der Waals surface area (Å²) in [7, 11) is 0. The van der Waals surface area contributed by atoms with Crippen LogP contribution in [-0.2, 0) is 11.2 Å². The lowest BCUT2D eigenvalue weighted by molar-refractivity contribution is -0.136. The van der Waals surface area contributed by atoms with E-state index < -0.39 is 5.97 Å². The third kappa shape index (κ3) is 4.36. The first kappa shape index (κ1) is 17.4. The molecule has 6 nitrogen and oxygen atoms in total. The molecule has 0 radical (unpaired) electrons. The number of carboxylic acids is 1. The zero-order valence-corrected chi connectivity index (χ0v) is 14.8. The van der Waals surface area contributed by atoms with Crippen LogP contribution >= 0.6 is 11.3 Å². The van der Waals surface area contributed by atoms with Gasteiger partial charge in [0.25, 0.3) is 0 Å². The first-order valence-corrected chi connectivity index (χ1v) is 9.26. The summed E-state index contributed by atoms with van der Waals surface area (Å²) in [6.45, 7) is 1.67. The number of guanidine groups is 1. The van der Waals surface area contributed by atoms with Crippen molar-refractivity contribution in [3.63, 3.8) is 0 Å². The van der Waals surface area contributed by atoms with Crippen LogP contribution in [0.3, 0.4) is 0 Å². The molecule has 1 aliphatic heterocycles. The van der Waals surface area contributed by atoms with Crippen molar-refractivity contribution in [2.24, 2.45) is 5.73 Å². The summed E-state index contributed by atoms with van der Waals surface area (Å²) in [5, 5.41) is 19.1. The molecule has 1 fully saturated rings. The van der Waals surface area contributed by atoms with Gasteiger partial charge in [0.05, 0.1) is 17.1 Å². The highest BCUT2D eigenvalue weighted by atomic mass is 32.1. The van der Waals surface area contributed by atoms with Crippen LogP contribution in [0.4, 0.5) is 0 Å². The molecule has 3 rings (SSSR count). The summed E-state index contributed by atoms with van der Waals surface area (Å²) in [5.41, 5.74) is 8.82. The highest BCUT2D eigenvalue weighted by Gasteiger charge is 2.21. The molecule has 0 unspecified atom stereocenters. The van der Waals surface area contributed by atoms with Gasteiger partial charge in [0.15, 0.2) is 5.96 Å². The van der Waals surface area contributed by atoms with Crippen LogP contribution in [0.25, 0.3) is 11.3 Å². The Morgan fingerprint density at radius 3 is 2.60 bits per heavy atom. The molecule has 0 aliphatic carbocycles. The number of nitrogens with zero attached hydrogens (tertiary/aromatic N) is 2. The average Bonchev–Trinajstić information content (AvgIpc) is 3.09. The quantitative estimate of drug-likeness (QED) is 0.563. The third-order valence-electron chi connectivity index (χ3n) is 4.62. The fourth-order valence-electron chi connectivity index (χ4n) is 3.15. The topological polar surface area (TPSA) is 103 Å². The van der Waals surface area contributed by atoms with Gasteiger partial charge in [-0.05, 0) is 24.3 Å². The van der Waals surface area contributed by atoms with E-state index in [0.29, 0.717) is 12.3 Å². The van der Waals surface area contributed by atoms with Crippen molar-refractivity contribution in [1.82, 2.24) is 9.88 Å². The molecule has 1 aromatic carbocycles. The van der Waals surface area contributed by atoms with Gasteiger partial charge in [0.2, 0.25) is 0 Å². The Bertz CT molecular complexity index is 749. The van der Waals surface area contributed by atoms with E-state index in [-0.39, 0.29) is 12.4 Å². The average molecular weight is 358 g/mol. The monoisotopic (exact) mass is 358 g/mol. The van der Waals surface area contributed by atoms with E-state index in [9.17, 15) is 4.79 Å². The number of hydrogen-bond donors (Lipinski definition) is 3. The number of aliphatic carboxylic acids is 1. The van der Waals surface area contributed by atoms with E-state index in [1.807, 2.05) is 10.3 Å². The van der Waals surface area contributed by atoms with Crippen molar-refractivity contribution in [3.8, 4) is 11.3 Å². The second-order valence-electron chi connectivity index (χ2n) is 6.29. The number of likely N-dealkylation sites (tertiary alicyclic amines) is 1. The molecule has 4 N–H and O–H groups in total. The molecule has 1 aromatic heterocycles. The van der Waals surface area contributed by atoms with Crippen molar-refractivity contribution < 1.29 is 9.90 Å². The number of benzene rings is 1. The molecule has 25 heavy (non-hydrogen) atoms. The minimum Gasteiger partial charge on any atom is -0.481 e. The zero-order chi connectivity index (χ0) is 17.8. The molecule has 7 heteroatoms. The molecule has 0 amide bonds. The molecule has 0 spiro atoms. The Labute approximate surface area is 150 Å². The Hall–Kier alpha value is -2.41. The number of piperidine rings is 1. The molecule has 132 valence electrons. The van der Waals surface area contributed by atoms with E-state index in [2.05, 4.69) is 29.2 Å². The molecule has 0 atom stereocenters. The van der Waals surface area contributed by atoms with Crippen molar-refractivity contribution >= 4 is 23.3 Å². The van der Waals surface area contributed by atoms with Gasteiger partial charge in [0, 0.05) is 30.5 Å². The molecule has 1 aliphatic rings. The summed E-state index contributed by atoms with van der Waals surface area (Å²) < 4.78 is 0. The summed E-state index contributed by atoms with van der Waals surface area (Å²) in [6, 6.07) is 8.48. The maximum atomic E-state index is 10.6. The largest absolute Gasteiger partial charge is 0.481 e. The van der Waals surface area contributed by atoms with Gasteiger partial charge >= 0.3 is 5.97 Å². The van der Waals surface area contributed by atoms with Crippen LogP contribution in [-0.4, -0.2) is 40.0 Å². The lowest BCUT2D eigenvalue weighted by Crippen LogP contribution is -2.41. The van der Waals surface area contributed by atoms with E-state index in [1.165, 1.54) is 16.9 Å². The van der Waals surface area contributed by atoms with Gasteiger partial charge < -0.3 is 15.7 Å². The first-order chi connectivity index (χ1) is 12.0. The Balaban J connectivity index is 1.63. The van der Waals surface area contributed by atoms with Crippen LogP contribution in [0.1, 0.15) is 35.8 Å². The smallest absolute Gasteiger partial charge is 0.303 e. The van der Waals surface area contributed by atoms with E-state index in [4.69, 9.17) is 16.2 Å². The highest BCUT2D eigenvalue weighted by Crippen LogP contribution is 2.30. The second-order valence-corrected chi connectivity index (χ2v) is 7.23. The van der Waals surface area contributed by atoms with E-state index in [0.717, 1.165) is 42.2 Å². The van der Waals surface area contributed by atoms with E-state index in [1.54, 1.807) is 0 Å². The minimum absolute atomic E-state index is 0.116. The fraction of sp³-hybridized carbons (Fsp3) is 0.389. The number of aromatic nitrogens is 1.